The van der Waals surface area contributed by atoms with Gasteiger partial charge < -0.3 is 19.5 Å². The van der Waals surface area contributed by atoms with E-state index >= 15 is 0 Å². The average Bonchev–Trinajstić information content (AvgIpc) is 2.55. The first-order valence-corrected chi connectivity index (χ1v) is 11.0. The molecule has 1 heterocycles. The van der Waals surface area contributed by atoms with Gasteiger partial charge in [-0.1, -0.05) is 17.7 Å². The Bertz CT molecular complexity index is 797. The van der Waals surface area contributed by atoms with E-state index in [-0.39, 0.29) is 24.5 Å². The van der Waals surface area contributed by atoms with Gasteiger partial charge in [-0.2, -0.15) is 8.42 Å². The highest BCUT2D eigenvalue weighted by Gasteiger charge is 2.38. The summed E-state index contributed by atoms with van der Waals surface area (Å²) >= 11 is 0. The maximum atomic E-state index is 12.4. The second kappa shape index (κ2) is 8.99. The summed E-state index contributed by atoms with van der Waals surface area (Å²) in [6.45, 7) is 10.8. The van der Waals surface area contributed by atoms with E-state index in [4.69, 9.17) is 18.4 Å². The maximum Gasteiger partial charge on any atom is 0.408 e. The van der Waals surface area contributed by atoms with Gasteiger partial charge in [-0.25, -0.2) is 4.79 Å². The van der Waals surface area contributed by atoms with Crippen LogP contribution in [0.1, 0.15) is 46.6 Å². The first-order chi connectivity index (χ1) is 13.3. The third kappa shape index (κ3) is 7.58. The molecule has 0 saturated carbocycles. The number of ether oxygens (including phenoxy) is 3. The summed E-state index contributed by atoms with van der Waals surface area (Å²) in [5.74, 6) is -0.855. The van der Waals surface area contributed by atoms with Crippen LogP contribution in [-0.4, -0.2) is 51.3 Å². The Morgan fingerprint density at radius 3 is 2.45 bits per heavy atom. The minimum Gasteiger partial charge on any atom is -0.444 e. The molecule has 1 aliphatic rings. The lowest BCUT2D eigenvalue weighted by Gasteiger charge is -2.41. The first kappa shape index (κ1) is 23.6. The molecular weight excluding hydrogens is 398 g/mol. The standard InChI is InChI=1S/C20H31NO7S/c1-14-7-9-15(10-8-14)29(23,24)26-12-11-17-16(13-25-20(5,6)27-17)21-18(22)28-19(2,3)4/h7-10,16-17H,11-13H2,1-6H3,(H,21,22)/t16-,17+/m1/s1. The van der Waals surface area contributed by atoms with Crippen molar-refractivity contribution in [1.29, 1.82) is 0 Å². The number of rotatable bonds is 6. The van der Waals surface area contributed by atoms with Crippen LogP contribution < -0.4 is 5.32 Å². The molecule has 9 heteroatoms. The van der Waals surface area contributed by atoms with E-state index < -0.39 is 39.7 Å². The smallest absolute Gasteiger partial charge is 0.408 e. The fourth-order valence-electron chi connectivity index (χ4n) is 2.78. The Balaban J connectivity index is 1.98. The number of benzene rings is 1. The van der Waals surface area contributed by atoms with Crippen molar-refractivity contribution in [1.82, 2.24) is 5.32 Å². The maximum absolute atomic E-state index is 12.4. The van der Waals surface area contributed by atoms with Gasteiger partial charge in [0.1, 0.15) is 5.60 Å². The number of carbonyl (C=O) groups is 1. The third-order valence-electron chi connectivity index (χ3n) is 4.15. The SMILES string of the molecule is Cc1ccc(S(=O)(=O)OCC[C@@H]2OC(C)(C)OC[C@H]2NC(=O)OC(C)(C)C)cc1. The molecule has 0 bridgehead atoms. The molecule has 0 unspecified atom stereocenters. The molecule has 1 fully saturated rings. The quantitative estimate of drug-likeness (QED) is 0.694. The Kier molecular flexibility index (Phi) is 7.32. The third-order valence-corrected chi connectivity index (χ3v) is 5.47. The second-order valence-electron chi connectivity index (χ2n) is 8.50. The molecular formula is C20H31NO7S. The Labute approximate surface area is 173 Å². The largest absolute Gasteiger partial charge is 0.444 e. The van der Waals surface area contributed by atoms with Gasteiger partial charge in [0.15, 0.2) is 5.79 Å². The zero-order chi connectivity index (χ0) is 21.9. The van der Waals surface area contributed by atoms with Gasteiger partial charge in [0, 0.05) is 6.42 Å². The van der Waals surface area contributed by atoms with Crippen LogP contribution >= 0.6 is 0 Å². The van der Waals surface area contributed by atoms with Crippen LogP contribution in [0.5, 0.6) is 0 Å². The fraction of sp³-hybridized carbons (Fsp3) is 0.650. The Hall–Kier alpha value is -1.68. The van der Waals surface area contributed by atoms with Crippen molar-refractivity contribution < 1.29 is 31.6 Å². The zero-order valence-corrected chi connectivity index (χ0v) is 18.7. The molecule has 1 saturated heterocycles. The summed E-state index contributed by atoms with van der Waals surface area (Å²) in [5.41, 5.74) is 0.318. The van der Waals surface area contributed by atoms with Gasteiger partial charge in [0.05, 0.1) is 30.3 Å². The highest BCUT2D eigenvalue weighted by Crippen LogP contribution is 2.25. The monoisotopic (exact) mass is 429 g/mol. The van der Waals surface area contributed by atoms with E-state index in [1.165, 1.54) is 12.1 Å². The number of hydrogen-bond acceptors (Lipinski definition) is 7. The number of alkyl carbamates (subject to hydrolysis) is 1. The topological polar surface area (TPSA) is 100 Å². The zero-order valence-electron chi connectivity index (χ0n) is 17.9. The van der Waals surface area contributed by atoms with Crippen molar-refractivity contribution in [3.8, 4) is 0 Å². The number of carbonyl (C=O) groups excluding carboxylic acids is 1. The highest BCUT2D eigenvalue weighted by atomic mass is 32.2. The first-order valence-electron chi connectivity index (χ1n) is 9.55. The minimum atomic E-state index is -3.87. The molecule has 1 amide bonds. The molecule has 0 spiro atoms. The van der Waals surface area contributed by atoms with Gasteiger partial charge in [-0.05, 0) is 53.7 Å². The second-order valence-corrected chi connectivity index (χ2v) is 10.1. The average molecular weight is 430 g/mol. The van der Waals surface area contributed by atoms with E-state index in [2.05, 4.69) is 5.32 Å². The number of aryl methyl sites for hydroxylation is 1. The summed E-state index contributed by atoms with van der Waals surface area (Å²) in [6, 6.07) is 5.93. The molecule has 1 aliphatic heterocycles. The van der Waals surface area contributed by atoms with Gasteiger partial charge in [-0.3, -0.25) is 4.18 Å². The van der Waals surface area contributed by atoms with Crippen LogP contribution in [0.2, 0.25) is 0 Å². The molecule has 164 valence electrons. The van der Waals surface area contributed by atoms with E-state index in [9.17, 15) is 13.2 Å². The molecule has 0 radical (unpaired) electrons. The van der Waals surface area contributed by atoms with Crippen molar-refractivity contribution in [3.05, 3.63) is 29.8 Å². The van der Waals surface area contributed by atoms with Crippen molar-refractivity contribution in [3.63, 3.8) is 0 Å². The Morgan fingerprint density at radius 2 is 1.86 bits per heavy atom. The fourth-order valence-corrected chi connectivity index (χ4v) is 3.70. The minimum absolute atomic E-state index is 0.0938. The van der Waals surface area contributed by atoms with E-state index in [0.29, 0.717) is 0 Å². The lowest BCUT2D eigenvalue weighted by atomic mass is 10.1. The summed E-state index contributed by atoms with van der Waals surface area (Å²) < 4.78 is 46.7. The number of amides is 1. The lowest BCUT2D eigenvalue weighted by molar-refractivity contribution is -0.283. The molecule has 1 aromatic rings. The number of nitrogens with one attached hydrogen (secondary N) is 1. The van der Waals surface area contributed by atoms with Gasteiger partial charge in [0.2, 0.25) is 0 Å². The van der Waals surface area contributed by atoms with Gasteiger partial charge >= 0.3 is 6.09 Å². The molecule has 1 aromatic carbocycles. The van der Waals surface area contributed by atoms with E-state index in [0.717, 1.165) is 5.56 Å². The normalized spacial score (nSPS) is 22.1. The van der Waals surface area contributed by atoms with Crippen LogP contribution in [0.15, 0.2) is 29.2 Å². The molecule has 0 aliphatic carbocycles. The molecule has 2 atom stereocenters. The summed E-state index contributed by atoms with van der Waals surface area (Å²) in [6.07, 6.45) is -0.842. The summed E-state index contributed by atoms with van der Waals surface area (Å²) in [7, 11) is -3.87. The predicted octanol–water partition coefficient (Wildman–Crippen LogP) is 3.14. The molecule has 29 heavy (non-hydrogen) atoms. The number of hydrogen-bond donors (Lipinski definition) is 1. The van der Waals surface area contributed by atoms with Crippen LogP contribution in [0.25, 0.3) is 0 Å². The highest BCUT2D eigenvalue weighted by molar-refractivity contribution is 7.86. The summed E-state index contributed by atoms with van der Waals surface area (Å²) in [4.78, 5) is 12.2. The van der Waals surface area contributed by atoms with Gasteiger partial charge in [0.25, 0.3) is 10.1 Å². The van der Waals surface area contributed by atoms with Crippen molar-refractivity contribution in [2.45, 2.75) is 76.4 Å². The van der Waals surface area contributed by atoms with Crippen LogP contribution in [0.4, 0.5) is 4.79 Å². The van der Waals surface area contributed by atoms with Crippen LogP contribution in [0, 0.1) is 6.92 Å². The van der Waals surface area contributed by atoms with Crippen molar-refractivity contribution in [2.24, 2.45) is 0 Å². The van der Waals surface area contributed by atoms with Crippen LogP contribution in [-0.2, 0) is 28.5 Å². The lowest BCUT2D eigenvalue weighted by Crippen LogP contribution is -2.56. The van der Waals surface area contributed by atoms with Crippen molar-refractivity contribution in [2.75, 3.05) is 13.2 Å². The van der Waals surface area contributed by atoms with Crippen LogP contribution in [0.3, 0.4) is 0 Å². The molecule has 0 aromatic heterocycles. The van der Waals surface area contributed by atoms with E-state index in [1.807, 2.05) is 6.92 Å². The molecule has 2 rings (SSSR count). The molecule has 1 N–H and O–H groups in total. The van der Waals surface area contributed by atoms with Crippen molar-refractivity contribution >= 4 is 16.2 Å². The molecule has 8 nitrogen and oxygen atoms in total. The van der Waals surface area contributed by atoms with E-state index in [1.54, 1.807) is 46.8 Å². The Morgan fingerprint density at radius 1 is 1.24 bits per heavy atom. The predicted molar refractivity (Wildman–Crippen MR) is 107 cm³/mol. The van der Waals surface area contributed by atoms with Gasteiger partial charge in [-0.15, -0.1) is 0 Å². The summed E-state index contributed by atoms with van der Waals surface area (Å²) in [5, 5.41) is 2.73.